The highest BCUT2D eigenvalue weighted by Crippen LogP contribution is 2.35. The number of para-hydroxylation sites is 1. The van der Waals surface area contributed by atoms with Crippen molar-refractivity contribution in [2.75, 3.05) is 24.2 Å². The molecule has 0 saturated heterocycles. The van der Waals surface area contributed by atoms with Crippen LogP contribution in [0.1, 0.15) is 12.5 Å². The standard InChI is InChI=1S/C19H20ClN3O5S/c1-11-8-15-16(28-12(2)19(25)22-15)9-17(11)29(26,27)23(3)10-18(24)21-14-7-5-4-6-13(14)20/h4-9,12H,10H2,1-3H3,(H,21,24)(H,22,25)/t12-/m0/s1. The second-order valence-electron chi connectivity index (χ2n) is 6.65. The third-order valence-corrected chi connectivity index (χ3v) is 6.69. The molecule has 2 amide bonds. The fourth-order valence-electron chi connectivity index (χ4n) is 2.83. The maximum absolute atomic E-state index is 13.0. The molecule has 8 nitrogen and oxygen atoms in total. The minimum Gasteiger partial charge on any atom is -0.479 e. The summed E-state index contributed by atoms with van der Waals surface area (Å²) in [6, 6.07) is 9.56. The van der Waals surface area contributed by atoms with Crippen molar-refractivity contribution in [3.8, 4) is 5.75 Å². The average Bonchev–Trinajstić information content (AvgIpc) is 2.64. The number of rotatable bonds is 5. The van der Waals surface area contributed by atoms with Crippen molar-refractivity contribution in [2.45, 2.75) is 24.8 Å². The molecule has 1 aliphatic heterocycles. The maximum Gasteiger partial charge on any atom is 0.265 e. The largest absolute Gasteiger partial charge is 0.479 e. The summed E-state index contributed by atoms with van der Waals surface area (Å²) in [6.45, 7) is 2.77. The Kier molecular flexibility index (Phi) is 5.83. The van der Waals surface area contributed by atoms with Crippen LogP contribution >= 0.6 is 11.6 Å². The van der Waals surface area contributed by atoms with Gasteiger partial charge in [-0.25, -0.2) is 8.42 Å². The Bertz CT molecular complexity index is 1090. The molecule has 2 aromatic rings. The van der Waals surface area contributed by atoms with Crippen LogP contribution in [-0.4, -0.2) is 44.2 Å². The molecule has 0 bridgehead atoms. The van der Waals surface area contributed by atoms with Gasteiger partial charge in [-0.2, -0.15) is 4.31 Å². The smallest absolute Gasteiger partial charge is 0.265 e. The van der Waals surface area contributed by atoms with Crippen LogP contribution in [0.3, 0.4) is 0 Å². The lowest BCUT2D eigenvalue weighted by Gasteiger charge is -2.25. The van der Waals surface area contributed by atoms with Gasteiger partial charge >= 0.3 is 0 Å². The van der Waals surface area contributed by atoms with Gasteiger partial charge in [-0.05, 0) is 37.6 Å². The van der Waals surface area contributed by atoms with E-state index in [9.17, 15) is 18.0 Å². The van der Waals surface area contributed by atoms with Gasteiger partial charge < -0.3 is 15.4 Å². The molecule has 0 aromatic heterocycles. The van der Waals surface area contributed by atoms with Crippen LogP contribution < -0.4 is 15.4 Å². The molecule has 2 aromatic carbocycles. The van der Waals surface area contributed by atoms with Crippen molar-refractivity contribution in [3.63, 3.8) is 0 Å². The highest BCUT2D eigenvalue weighted by atomic mass is 35.5. The van der Waals surface area contributed by atoms with Gasteiger partial charge in [0.05, 0.1) is 27.8 Å². The van der Waals surface area contributed by atoms with Crippen molar-refractivity contribution >= 4 is 44.8 Å². The van der Waals surface area contributed by atoms with E-state index in [2.05, 4.69) is 10.6 Å². The summed E-state index contributed by atoms with van der Waals surface area (Å²) >= 11 is 6.01. The minimum atomic E-state index is -3.98. The van der Waals surface area contributed by atoms with E-state index in [0.717, 1.165) is 4.31 Å². The number of carbonyl (C=O) groups is 2. The van der Waals surface area contributed by atoms with Gasteiger partial charge in [-0.1, -0.05) is 23.7 Å². The Morgan fingerprint density at radius 3 is 2.69 bits per heavy atom. The number of amides is 2. The van der Waals surface area contributed by atoms with Crippen LogP contribution in [0.25, 0.3) is 0 Å². The summed E-state index contributed by atoms with van der Waals surface area (Å²) in [5.74, 6) is -0.576. The Balaban J connectivity index is 1.81. The first kappa shape index (κ1) is 21.1. The van der Waals surface area contributed by atoms with Gasteiger partial charge in [0.1, 0.15) is 5.75 Å². The van der Waals surface area contributed by atoms with E-state index >= 15 is 0 Å². The van der Waals surface area contributed by atoms with Gasteiger partial charge in [0.15, 0.2) is 6.10 Å². The summed E-state index contributed by atoms with van der Waals surface area (Å²) in [7, 11) is -2.67. The van der Waals surface area contributed by atoms with Gasteiger partial charge in [0, 0.05) is 13.1 Å². The van der Waals surface area contributed by atoms with Gasteiger partial charge in [0.25, 0.3) is 5.91 Å². The summed E-state index contributed by atoms with van der Waals surface area (Å²) in [5, 5.41) is 5.62. The molecular weight excluding hydrogens is 418 g/mol. The molecule has 3 rings (SSSR count). The molecule has 10 heteroatoms. The summed E-state index contributed by atoms with van der Waals surface area (Å²) in [4.78, 5) is 24.0. The minimum absolute atomic E-state index is 0.00681. The topological polar surface area (TPSA) is 105 Å². The Morgan fingerprint density at radius 2 is 2.00 bits per heavy atom. The number of benzene rings is 2. The number of nitrogens with zero attached hydrogens (tertiary/aromatic N) is 1. The molecule has 0 saturated carbocycles. The van der Waals surface area contributed by atoms with Crippen molar-refractivity contribution in [1.82, 2.24) is 4.31 Å². The first-order chi connectivity index (χ1) is 13.6. The maximum atomic E-state index is 13.0. The van der Waals surface area contributed by atoms with Gasteiger partial charge in [0.2, 0.25) is 15.9 Å². The molecule has 29 heavy (non-hydrogen) atoms. The normalized spacial score (nSPS) is 16.0. The third kappa shape index (κ3) is 4.36. The van der Waals surface area contributed by atoms with E-state index in [1.54, 1.807) is 38.1 Å². The van der Waals surface area contributed by atoms with Crippen LogP contribution in [-0.2, 0) is 19.6 Å². The number of sulfonamides is 1. The zero-order valence-corrected chi connectivity index (χ0v) is 17.6. The monoisotopic (exact) mass is 437 g/mol. The average molecular weight is 438 g/mol. The van der Waals surface area contributed by atoms with E-state index < -0.39 is 28.6 Å². The van der Waals surface area contributed by atoms with Crippen LogP contribution in [0.5, 0.6) is 5.75 Å². The van der Waals surface area contributed by atoms with E-state index in [1.807, 2.05) is 0 Å². The second-order valence-corrected chi connectivity index (χ2v) is 9.07. The van der Waals surface area contributed by atoms with Crippen molar-refractivity contribution in [3.05, 3.63) is 47.0 Å². The summed E-state index contributed by atoms with van der Waals surface area (Å²) in [6.07, 6.45) is -0.736. The van der Waals surface area contributed by atoms with E-state index in [4.69, 9.17) is 16.3 Å². The summed E-state index contributed by atoms with van der Waals surface area (Å²) < 4.78 is 32.5. The Morgan fingerprint density at radius 1 is 1.31 bits per heavy atom. The number of halogens is 1. The lowest BCUT2D eigenvalue weighted by molar-refractivity contribution is -0.122. The van der Waals surface area contributed by atoms with Crippen LogP contribution in [0.15, 0.2) is 41.3 Å². The highest BCUT2D eigenvalue weighted by Gasteiger charge is 2.30. The van der Waals surface area contributed by atoms with Crippen molar-refractivity contribution in [1.29, 1.82) is 0 Å². The number of nitrogens with one attached hydrogen (secondary N) is 2. The van der Waals surface area contributed by atoms with E-state index in [-0.39, 0.29) is 16.6 Å². The lowest BCUT2D eigenvalue weighted by Crippen LogP contribution is -2.36. The zero-order chi connectivity index (χ0) is 21.3. The van der Waals surface area contributed by atoms with Crippen LogP contribution in [0.4, 0.5) is 11.4 Å². The molecule has 154 valence electrons. The molecule has 2 N–H and O–H groups in total. The molecule has 1 atom stereocenters. The number of ether oxygens (including phenoxy) is 1. The predicted octanol–water partition coefficient (Wildman–Crippen LogP) is 2.63. The first-order valence-electron chi connectivity index (χ1n) is 8.72. The number of hydrogen-bond acceptors (Lipinski definition) is 5. The number of likely N-dealkylation sites (N-methyl/N-ethyl adjacent to an activating group) is 1. The van der Waals surface area contributed by atoms with E-state index in [1.165, 1.54) is 19.2 Å². The van der Waals surface area contributed by atoms with Gasteiger partial charge in [-0.3, -0.25) is 9.59 Å². The molecule has 0 radical (unpaired) electrons. The lowest BCUT2D eigenvalue weighted by atomic mass is 10.1. The first-order valence-corrected chi connectivity index (χ1v) is 10.5. The number of carbonyl (C=O) groups excluding carboxylic acids is 2. The fourth-order valence-corrected chi connectivity index (χ4v) is 4.36. The fraction of sp³-hybridized carbons (Fsp3) is 0.263. The van der Waals surface area contributed by atoms with Crippen molar-refractivity contribution in [2.24, 2.45) is 0 Å². The SMILES string of the molecule is Cc1cc2c(cc1S(=O)(=O)N(C)CC(=O)Nc1ccccc1Cl)O[C@@H](C)C(=O)N2. The highest BCUT2D eigenvalue weighted by molar-refractivity contribution is 7.89. The van der Waals surface area contributed by atoms with Gasteiger partial charge in [-0.15, -0.1) is 0 Å². The van der Waals surface area contributed by atoms with E-state index in [0.29, 0.717) is 22.0 Å². The molecule has 0 aliphatic carbocycles. The molecule has 1 heterocycles. The molecule has 0 spiro atoms. The predicted molar refractivity (Wildman–Crippen MR) is 110 cm³/mol. The number of anilines is 2. The van der Waals surface area contributed by atoms with Crippen LogP contribution in [0, 0.1) is 6.92 Å². The summed E-state index contributed by atoms with van der Waals surface area (Å²) in [5.41, 5.74) is 1.22. The van der Waals surface area contributed by atoms with Crippen LogP contribution in [0.2, 0.25) is 5.02 Å². The molecule has 0 unspecified atom stereocenters. The molecule has 0 fully saturated rings. The van der Waals surface area contributed by atoms with Crippen molar-refractivity contribution < 1.29 is 22.7 Å². The Hall–Kier alpha value is -2.62. The number of aryl methyl sites for hydroxylation is 1. The number of fused-ring (bicyclic) bond motifs is 1. The zero-order valence-electron chi connectivity index (χ0n) is 16.0. The molecule has 1 aliphatic rings. The molecular formula is C19H20ClN3O5S. The Labute approximate surface area is 173 Å². The quantitative estimate of drug-likeness (QED) is 0.748. The second kappa shape index (κ2) is 8.02. The number of hydrogen-bond donors (Lipinski definition) is 2. The third-order valence-electron chi connectivity index (χ3n) is 4.41.